The molecule has 118 valence electrons. The van der Waals surface area contributed by atoms with Crippen molar-refractivity contribution in [3.05, 3.63) is 72.3 Å². The molecule has 3 nitrogen and oxygen atoms in total. The number of fused-ring (bicyclic) bond motifs is 2. The van der Waals surface area contributed by atoms with E-state index in [2.05, 4.69) is 36.5 Å². The molecular weight excluding hydrogens is 296 g/mol. The van der Waals surface area contributed by atoms with Crippen molar-refractivity contribution in [3.8, 4) is 5.75 Å². The van der Waals surface area contributed by atoms with Crippen LogP contribution in [0.4, 0.5) is 11.4 Å². The molecule has 4 aromatic rings. The lowest BCUT2D eigenvalue weighted by molar-refractivity contribution is 0.415. The maximum atomic E-state index is 5.33. The fourth-order valence-electron chi connectivity index (χ4n) is 2.98. The highest BCUT2D eigenvalue weighted by atomic mass is 16.5. The zero-order valence-corrected chi connectivity index (χ0v) is 13.7. The number of hydrogen-bond donors (Lipinski definition) is 1. The molecule has 0 radical (unpaired) electrons. The topological polar surface area (TPSA) is 34.1 Å². The van der Waals surface area contributed by atoms with Crippen molar-refractivity contribution in [2.45, 2.75) is 6.92 Å². The van der Waals surface area contributed by atoms with Crippen LogP contribution in [-0.4, -0.2) is 12.1 Å². The molecule has 3 aromatic carbocycles. The number of hydrogen-bond acceptors (Lipinski definition) is 3. The zero-order valence-electron chi connectivity index (χ0n) is 13.7. The van der Waals surface area contributed by atoms with Gasteiger partial charge in [-0.2, -0.15) is 0 Å². The van der Waals surface area contributed by atoms with Gasteiger partial charge in [0.05, 0.1) is 23.8 Å². The maximum Gasteiger partial charge on any atom is 0.120 e. The predicted molar refractivity (Wildman–Crippen MR) is 100 cm³/mol. The lowest BCUT2D eigenvalue weighted by atomic mass is 10.1. The molecule has 1 heterocycles. The highest BCUT2D eigenvalue weighted by Gasteiger charge is 2.10. The first-order valence-electron chi connectivity index (χ1n) is 7.95. The van der Waals surface area contributed by atoms with Crippen molar-refractivity contribution in [2.75, 3.05) is 12.4 Å². The maximum absolute atomic E-state index is 5.33. The first kappa shape index (κ1) is 14.5. The minimum absolute atomic E-state index is 0.832. The Morgan fingerprint density at radius 3 is 2.54 bits per heavy atom. The number of anilines is 2. The number of nitrogens with one attached hydrogen (secondary N) is 1. The van der Waals surface area contributed by atoms with Gasteiger partial charge in [0.1, 0.15) is 5.75 Å². The molecule has 0 aliphatic rings. The summed E-state index contributed by atoms with van der Waals surface area (Å²) >= 11 is 0. The lowest BCUT2D eigenvalue weighted by Gasteiger charge is -2.14. The monoisotopic (exact) mass is 314 g/mol. The number of rotatable bonds is 3. The first-order valence-corrected chi connectivity index (χ1v) is 7.95. The van der Waals surface area contributed by atoms with Gasteiger partial charge in [-0.25, -0.2) is 4.98 Å². The van der Waals surface area contributed by atoms with E-state index in [-0.39, 0.29) is 0 Å². The average molecular weight is 314 g/mol. The van der Waals surface area contributed by atoms with Gasteiger partial charge in [-0.15, -0.1) is 0 Å². The predicted octanol–water partition coefficient (Wildman–Crippen LogP) is 5.45. The van der Waals surface area contributed by atoms with Crippen molar-refractivity contribution >= 4 is 33.2 Å². The molecule has 1 N–H and O–H groups in total. The van der Waals surface area contributed by atoms with Gasteiger partial charge >= 0.3 is 0 Å². The molecule has 0 spiro atoms. The third-order valence-electron chi connectivity index (χ3n) is 4.17. The van der Waals surface area contributed by atoms with Crippen molar-refractivity contribution in [1.82, 2.24) is 4.98 Å². The Kier molecular flexibility index (Phi) is 3.54. The van der Waals surface area contributed by atoms with Gasteiger partial charge in [-0.05, 0) is 37.3 Å². The van der Waals surface area contributed by atoms with Gasteiger partial charge in [0, 0.05) is 22.5 Å². The standard InChI is InChI=1S/C21H18N2O/c1-14-10-11-20-18(12-14)21(17-8-3-4-9-19(17)23-20)22-15-6-5-7-16(13-15)24-2/h3-13H,1-2H3,(H,22,23). The Morgan fingerprint density at radius 1 is 0.833 bits per heavy atom. The largest absolute Gasteiger partial charge is 0.497 e. The van der Waals surface area contributed by atoms with Gasteiger partial charge in [0.2, 0.25) is 0 Å². The van der Waals surface area contributed by atoms with E-state index in [1.165, 1.54) is 5.56 Å². The molecule has 0 bridgehead atoms. The summed E-state index contributed by atoms with van der Waals surface area (Å²) in [5.74, 6) is 0.832. The molecule has 0 amide bonds. The summed E-state index contributed by atoms with van der Waals surface area (Å²) in [6, 6.07) is 22.5. The molecule has 0 aliphatic carbocycles. The zero-order chi connectivity index (χ0) is 16.5. The number of pyridine rings is 1. The summed E-state index contributed by atoms with van der Waals surface area (Å²) in [6.07, 6.45) is 0. The van der Waals surface area contributed by atoms with Crippen LogP contribution < -0.4 is 10.1 Å². The fraction of sp³-hybridized carbons (Fsp3) is 0.0952. The molecule has 0 fully saturated rings. The molecule has 1 aromatic heterocycles. The van der Waals surface area contributed by atoms with Crippen LogP contribution in [-0.2, 0) is 0 Å². The Labute approximate surface area is 140 Å². The Bertz CT molecular complexity index is 1040. The summed E-state index contributed by atoms with van der Waals surface area (Å²) in [5, 5.41) is 5.80. The fourth-order valence-corrected chi connectivity index (χ4v) is 2.98. The van der Waals surface area contributed by atoms with Crippen molar-refractivity contribution in [2.24, 2.45) is 0 Å². The summed E-state index contributed by atoms with van der Waals surface area (Å²) in [4.78, 5) is 4.79. The highest BCUT2D eigenvalue weighted by molar-refractivity contribution is 6.08. The average Bonchev–Trinajstić information content (AvgIpc) is 2.62. The first-order chi connectivity index (χ1) is 11.7. The minimum Gasteiger partial charge on any atom is -0.497 e. The van der Waals surface area contributed by atoms with Crippen molar-refractivity contribution in [1.29, 1.82) is 0 Å². The van der Waals surface area contributed by atoms with E-state index in [1.807, 2.05) is 42.5 Å². The van der Waals surface area contributed by atoms with Crippen LogP contribution in [0.2, 0.25) is 0 Å². The smallest absolute Gasteiger partial charge is 0.120 e. The van der Waals surface area contributed by atoms with Gasteiger partial charge in [-0.3, -0.25) is 0 Å². The van der Waals surface area contributed by atoms with Gasteiger partial charge in [0.25, 0.3) is 0 Å². The van der Waals surface area contributed by atoms with Crippen LogP contribution in [0.25, 0.3) is 21.8 Å². The number of nitrogens with zero attached hydrogens (tertiary/aromatic N) is 1. The van der Waals surface area contributed by atoms with Crippen LogP contribution in [0.5, 0.6) is 5.75 Å². The highest BCUT2D eigenvalue weighted by Crippen LogP contribution is 2.34. The molecule has 0 atom stereocenters. The molecule has 0 unspecified atom stereocenters. The third-order valence-corrected chi connectivity index (χ3v) is 4.17. The summed E-state index contributed by atoms with van der Waals surface area (Å²) in [5.41, 5.74) is 5.26. The second-order valence-corrected chi connectivity index (χ2v) is 5.88. The van der Waals surface area contributed by atoms with Gasteiger partial charge in [0.15, 0.2) is 0 Å². The van der Waals surface area contributed by atoms with Gasteiger partial charge in [-0.1, -0.05) is 35.9 Å². The molecule has 3 heteroatoms. The van der Waals surface area contributed by atoms with Crippen molar-refractivity contribution in [3.63, 3.8) is 0 Å². The summed E-state index contributed by atoms with van der Waals surface area (Å²) in [6.45, 7) is 2.10. The van der Waals surface area contributed by atoms with Gasteiger partial charge < -0.3 is 10.1 Å². The SMILES string of the molecule is COc1cccc(Nc2c3ccccc3nc3ccc(C)cc23)c1. The normalized spacial score (nSPS) is 10.9. The Hall–Kier alpha value is -3.07. The summed E-state index contributed by atoms with van der Waals surface area (Å²) in [7, 11) is 1.68. The molecule has 0 saturated heterocycles. The van der Waals surface area contributed by atoms with E-state index in [0.717, 1.165) is 38.9 Å². The number of ether oxygens (including phenoxy) is 1. The number of methoxy groups -OCH3 is 1. The van der Waals surface area contributed by atoms with Crippen LogP contribution in [0.15, 0.2) is 66.7 Å². The molecule has 0 aliphatic heterocycles. The number of para-hydroxylation sites is 1. The van der Waals surface area contributed by atoms with Crippen molar-refractivity contribution < 1.29 is 4.74 Å². The van der Waals surface area contributed by atoms with Crippen LogP contribution in [0.1, 0.15) is 5.56 Å². The minimum atomic E-state index is 0.832. The second-order valence-electron chi connectivity index (χ2n) is 5.88. The summed E-state index contributed by atoms with van der Waals surface area (Å²) < 4.78 is 5.33. The second kappa shape index (κ2) is 5.85. The van der Waals surface area contributed by atoms with E-state index in [9.17, 15) is 0 Å². The molecular formula is C21H18N2O. The van der Waals surface area contributed by atoms with E-state index in [1.54, 1.807) is 7.11 Å². The molecule has 0 saturated carbocycles. The molecule has 4 rings (SSSR count). The van der Waals surface area contributed by atoms with E-state index in [4.69, 9.17) is 9.72 Å². The van der Waals surface area contributed by atoms with E-state index in [0.29, 0.717) is 0 Å². The van der Waals surface area contributed by atoms with E-state index >= 15 is 0 Å². The Balaban J connectivity index is 1.97. The van der Waals surface area contributed by atoms with Crippen LogP contribution in [0.3, 0.4) is 0 Å². The van der Waals surface area contributed by atoms with Crippen LogP contribution in [0, 0.1) is 6.92 Å². The number of benzene rings is 3. The Morgan fingerprint density at radius 2 is 1.67 bits per heavy atom. The molecule has 24 heavy (non-hydrogen) atoms. The number of aromatic nitrogens is 1. The quantitative estimate of drug-likeness (QED) is 0.511. The lowest BCUT2D eigenvalue weighted by Crippen LogP contribution is -1.96. The van der Waals surface area contributed by atoms with E-state index < -0.39 is 0 Å². The van der Waals surface area contributed by atoms with Crippen LogP contribution >= 0.6 is 0 Å². The number of aryl methyl sites for hydroxylation is 1. The third kappa shape index (κ3) is 2.54.